The first-order chi connectivity index (χ1) is 12.5. The molecule has 2 aromatic rings. The van der Waals surface area contributed by atoms with Crippen LogP contribution >= 0.6 is 0 Å². The highest BCUT2D eigenvalue weighted by molar-refractivity contribution is 5.99. The number of hydrogen-bond donors (Lipinski definition) is 0. The molecule has 26 heavy (non-hydrogen) atoms. The quantitative estimate of drug-likeness (QED) is 0.825. The Morgan fingerprint density at radius 1 is 1.19 bits per heavy atom. The Kier molecular flexibility index (Phi) is 5.42. The highest BCUT2D eigenvalue weighted by atomic mass is 16.5. The zero-order valence-corrected chi connectivity index (χ0v) is 15.8. The summed E-state index contributed by atoms with van der Waals surface area (Å²) in [5.41, 5.74) is 1.96. The van der Waals surface area contributed by atoms with Crippen LogP contribution < -0.4 is 14.5 Å². The number of piperazine rings is 1. The number of methoxy groups -OCH3 is 1. The number of anilines is 2. The van der Waals surface area contributed by atoms with Gasteiger partial charge in [0.05, 0.1) is 18.8 Å². The van der Waals surface area contributed by atoms with E-state index in [-0.39, 0.29) is 11.9 Å². The normalized spacial score (nSPS) is 18.1. The number of hydrogen-bond acceptors (Lipinski definition) is 5. The Labute approximate surface area is 155 Å². The largest absolute Gasteiger partial charge is 0.495 e. The molecule has 0 unspecified atom stereocenters. The maximum absolute atomic E-state index is 13.0. The maximum atomic E-state index is 13.0. The van der Waals surface area contributed by atoms with Crippen LogP contribution in [0, 0.1) is 0 Å². The molecule has 1 fully saturated rings. The van der Waals surface area contributed by atoms with Gasteiger partial charge in [0, 0.05) is 45.5 Å². The Balaban J connectivity index is 1.78. The second kappa shape index (κ2) is 7.74. The molecule has 1 aromatic carbocycles. The van der Waals surface area contributed by atoms with Crippen molar-refractivity contribution in [3.05, 3.63) is 48.2 Å². The fraction of sp³-hybridized carbons (Fsp3) is 0.400. The third-order valence-corrected chi connectivity index (χ3v) is 4.82. The van der Waals surface area contributed by atoms with Crippen molar-refractivity contribution in [3.8, 4) is 5.75 Å². The van der Waals surface area contributed by atoms with Gasteiger partial charge in [0.1, 0.15) is 11.6 Å². The van der Waals surface area contributed by atoms with Crippen molar-refractivity contribution in [2.45, 2.75) is 19.5 Å². The highest BCUT2D eigenvalue weighted by Gasteiger charge is 2.33. The van der Waals surface area contributed by atoms with Crippen molar-refractivity contribution in [2.75, 3.05) is 44.1 Å². The number of nitrogens with zero attached hydrogens (tertiary/aromatic N) is 4. The molecule has 0 aliphatic carbocycles. The molecule has 0 saturated carbocycles. The maximum Gasteiger partial charge on any atom is 0.244 e. The molecule has 6 nitrogen and oxygen atoms in total. The van der Waals surface area contributed by atoms with E-state index < -0.39 is 0 Å². The summed E-state index contributed by atoms with van der Waals surface area (Å²) in [6, 6.07) is 11.5. The lowest BCUT2D eigenvalue weighted by Gasteiger charge is -2.39. The summed E-state index contributed by atoms with van der Waals surface area (Å²) < 4.78 is 5.43. The Hall–Kier alpha value is -2.60. The number of para-hydroxylation sites is 2. The van der Waals surface area contributed by atoms with Crippen LogP contribution in [0.25, 0.3) is 0 Å². The number of aromatic nitrogens is 1. The second-order valence-corrected chi connectivity index (χ2v) is 6.69. The van der Waals surface area contributed by atoms with Gasteiger partial charge in [0.15, 0.2) is 0 Å². The number of pyridine rings is 1. The number of amides is 1. The van der Waals surface area contributed by atoms with Crippen LogP contribution in [-0.2, 0) is 11.3 Å². The summed E-state index contributed by atoms with van der Waals surface area (Å²) >= 11 is 0. The van der Waals surface area contributed by atoms with Gasteiger partial charge in [-0.2, -0.15) is 0 Å². The average Bonchev–Trinajstić information content (AvgIpc) is 2.66. The van der Waals surface area contributed by atoms with Crippen LogP contribution in [0.4, 0.5) is 11.5 Å². The molecule has 1 aliphatic rings. The Morgan fingerprint density at radius 3 is 2.69 bits per heavy atom. The summed E-state index contributed by atoms with van der Waals surface area (Å²) in [4.78, 5) is 23.5. The van der Waals surface area contributed by atoms with Gasteiger partial charge in [-0.15, -0.1) is 0 Å². The second-order valence-electron chi connectivity index (χ2n) is 6.69. The molecule has 0 bridgehead atoms. The van der Waals surface area contributed by atoms with E-state index in [0.717, 1.165) is 29.4 Å². The van der Waals surface area contributed by atoms with Crippen LogP contribution in [0.2, 0.25) is 0 Å². The van der Waals surface area contributed by atoms with Crippen LogP contribution in [0.5, 0.6) is 5.75 Å². The van der Waals surface area contributed by atoms with Crippen molar-refractivity contribution in [1.29, 1.82) is 0 Å². The summed E-state index contributed by atoms with van der Waals surface area (Å²) in [5.74, 6) is 1.76. The zero-order valence-electron chi connectivity index (χ0n) is 15.8. The van der Waals surface area contributed by atoms with Gasteiger partial charge >= 0.3 is 0 Å². The number of benzene rings is 1. The fourth-order valence-corrected chi connectivity index (χ4v) is 3.40. The first kappa shape index (κ1) is 18.2. The SMILES string of the molecule is COc1ccccc1N1CCN(Cc2cccnc2N(C)C)[C@H](C)C1=O. The third-order valence-electron chi connectivity index (χ3n) is 4.82. The molecule has 3 rings (SSSR count). The van der Waals surface area contributed by atoms with Crippen molar-refractivity contribution in [1.82, 2.24) is 9.88 Å². The molecule has 1 amide bonds. The topological polar surface area (TPSA) is 48.9 Å². The van der Waals surface area contributed by atoms with Crippen molar-refractivity contribution in [3.63, 3.8) is 0 Å². The number of rotatable bonds is 5. The van der Waals surface area contributed by atoms with Gasteiger partial charge in [-0.25, -0.2) is 4.98 Å². The van der Waals surface area contributed by atoms with Gasteiger partial charge in [-0.3, -0.25) is 9.69 Å². The Morgan fingerprint density at radius 2 is 1.96 bits per heavy atom. The van der Waals surface area contributed by atoms with Gasteiger partial charge in [0.25, 0.3) is 0 Å². The van der Waals surface area contributed by atoms with E-state index in [9.17, 15) is 4.79 Å². The lowest BCUT2D eigenvalue weighted by Crippen LogP contribution is -2.55. The highest BCUT2D eigenvalue weighted by Crippen LogP contribution is 2.30. The molecular formula is C20H26N4O2. The molecule has 0 N–H and O–H groups in total. The van der Waals surface area contributed by atoms with Gasteiger partial charge in [-0.05, 0) is 25.1 Å². The van der Waals surface area contributed by atoms with E-state index in [1.807, 2.05) is 61.2 Å². The molecule has 0 radical (unpaired) electrons. The molecule has 2 heterocycles. The molecule has 1 aromatic heterocycles. The Bertz CT molecular complexity index is 778. The van der Waals surface area contributed by atoms with Crippen LogP contribution in [0.15, 0.2) is 42.6 Å². The van der Waals surface area contributed by atoms with E-state index in [2.05, 4.69) is 16.0 Å². The molecule has 1 aliphatic heterocycles. The van der Waals surface area contributed by atoms with Gasteiger partial charge < -0.3 is 14.5 Å². The summed E-state index contributed by atoms with van der Waals surface area (Å²) in [6.07, 6.45) is 1.80. The molecule has 6 heteroatoms. The van der Waals surface area contributed by atoms with E-state index in [0.29, 0.717) is 13.1 Å². The van der Waals surface area contributed by atoms with Crippen molar-refractivity contribution in [2.24, 2.45) is 0 Å². The monoisotopic (exact) mass is 354 g/mol. The van der Waals surface area contributed by atoms with Crippen LogP contribution in [0.1, 0.15) is 12.5 Å². The summed E-state index contributed by atoms with van der Waals surface area (Å²) in [6.45, 7) is 4.11. The van der Waals surface area contributed by atoms with Crippen molar-refractivity contribution >= 4 is 17.4 Å². The van der Waals surface area contributed by atoms with Gasteiger partial charge in [-0.1, -0.05) is 18.2 Å². The number of ether oxygens (including phenoxy) is 1. The average molecular weight is 354 g/mol. The molecule has 138 valence electrons. The lowest BCUT2D eigenvalue weighted by atomic mass is 10.1. The first-order valence-electron chi connectivity index (χ1n) is 8.82. The van der Waals surface area contributed by atoms with Crippen molar-refractivity contribution < 1.29 is 9.53 Å². The standard InChI is InChI=1S/C20H26N4O2/c1-15-20(25)24(17-9-5-6-10-18(17)26-4)13-12-23(15)14-16-8-7-11-21-19(16)22(2)3/h5-11,15H,12-14H2,1-4H3/t15-/m1/s1. The lowest BCUT2D eigenvalue weighted by molar-refractivity contribution is -0.125. The van der Waals surface area contributed by atoms with E-state index in [1.165, 1.54) is 0 Å². The predicted molar refractivity (Wildman–Crippen MR) is 104 cm³/mol. The molecule has 1 saturated heterocycles. The fourth-order valence-electron chi connectivity index (χ4n) is 3.40. The van der Waals surface area contributed by atoms with E-state index in [1.54, 1.807) is 13.3 Å². The smallest absolute Gasteiger partial charge is 0.244 e. The molecular weight excluding hydrogens is 328 g/mol. The number of carbonyl (C=O) groups excluding carboxylic acids is 1. The zero-order chi connectivity index (χ0) is 18.7. The third kappa shape index (κ3) is 3.51. The minimum absolute atomic E-state index is 0.0936. The van der Waals surface area contributed by atoms with E-state index in [4.69, 9.17) is 4.74 Å². The summed E-state index contributed by atoms with van der Waals surface area (Å²) in [7, 11) is 5.61. The molecule has 0 spiro atoms. The minimum atomic E-state index is -0.205. The summed E-state index contributed by atoms with van der Waals surface area (Å²) in [5, 5.41) is 0. The van der Waals surface area contributed by atoms with Crippen LogP contribution in [0.3, 0.4) is 0 Å². The first-order valence-corrected chi connectivity index (χ1v) is 8.82. The van der Waals surface area contributed by atoms with Crippen LogP contribution in [-0.4, -0.2) is 56.1 Å². The van der Waals surface area contributed by atoms with E-state index >= 15 is 0 Å². The number of carbonyl (C=O) groups is 1. The molecule has 1 atom stereocenters. The predicted octanol–water partition coefficient (Wildman–Crippen LogP) is 2.39. The van der Waals surface area contributed by atoms with Gasteiger partial charge in [0.2, 0.25) is 5.91 Å². The minimum Gasteiger partial charge on any atom is -0.495 e.